The Bertz CT molecular complexity index is 579. The number of likely N-dealkylation sites (tertiary alicyclic amines) is 2. The molecular weight excluding hydrogens is 290 g/mol. The zero-order chi connectivity index (χ0) is 16.6. The van der Waals surface area contributed by atoms with Gasteiger partial charge < -0.3 is 0 Å². The number of carbonyl (C=O) groups excluding carboxylic acids is 2. The molecule has 5 heteroatoms. The van der Waals surface area contributed by atoms with Gasteiger partial charge in [-0.05, 0) is 36.8 Å². The normalized spacial score (nSPS) is 30.7. The van der Waals surface area contributed by atoms with Crippen LogP contribution in [0.2, 0.25) is 0 Å². The number of aromatic nitrogens is 1. The summed E-state index contributed by atoms with van der Waals surface area (Å²) in [6.07, 6.45) is 4.93. The lowest BCUT2D eigenvalue weighted by molar-refractivity contribution is -0.142. The lowest BCUT2D eigenvalue weighted by Crippen LogP contribution is -2.48. The smallest absolute Gasteiger partial charge is 0.247 e. The molecule has 0 saturated carbocycles. The molecule has 1 aromatic heterocycles. The van der Waals surface area contributed by atoms with Gasteiger partial charge in [0, 0.05) is 25.5 Å². The number of piperidine rings is 1. The molecule has 1 aromatic rings. The van der Waals surface area contributed by atoms with E-state index in [0.29, 0.717) is 18.3 Å². The van der Waals surface area contributed by atoms with Crippen molar-refractivity contribution in [1.82, 2.24) is 14.8 Å². The van der Waals surface area contributed by atoms with Crippen LogP contribution in [0.15, 0.2) is 24.5 Å². The summed E-state index contributed by atoms with van der Waals surface area (Å²) < 4.78 is 0. The molecule has 4 atom stereocenters. The minimum Gasteiger partial charge on any atom is -0.291 e. The van der Waals surface area contributed by atoms with Gasteiger partial charge in [-0.15, -0.1) is 0 Å². The molecule has 2 saturated heterocycles. The summed E-state index contributed by atoms with van der Waals surface area (Å²) in [5.74, 6) is 1.03. The molecule has 0 unspecified atom stereocenters. The summed E-state index contributed by atoms with van der Waals surface area (Å²) in [6, 6.07) is 3.21. The third-order valence-corrected chi connectivity index (χ3v) is 5.05. The Balaban J connectivity index is 1.77. The number of carbonyl (C=O) groups is 2. The number of hydrogen-bond acceptors (Lipinski definition) is 4. The lowest BCUT2D eigenvalue weighted by atomic mass is 9.90. The first kappa shape index (κ1) is 16.1. The quantitative estimate of drug-likeness (QED) is 0.803. The molecule has 0 spiro atoms. The van der Waals surface area contributed by atoms with Gasteiger partial charge in [0.05, 0.1) is 18.5 Å². The molecular formula is C18H25N3O2. The first-order valence-electron chi connectivity index (χ1n) is 8.47. The average molecular weight is 315 g/mol. The molecule has 2 amide bonds. The lowest BCUT2D eigenvalue weighted by Gasteiger charge is -2.37. The van der Waals surface area contributed by atoms with Crippen molar-refractivity contribution in [3.05, 3.63) is 30.1 Å². The predicted octanol–water partition coefficient (Wildman–Crippen LogP) is 2.25. The van der Waals surface area contributed by atoms with Crippen LogP contribution in [-0.4, -0.2) is 45.7 Å². The van der Waals surface area contributed by atoms with Gasteiger partial charge in [-0.2, -0.15) is 0 Å². The molecule has 23 heavy (non-hydrogen) atoms. The number of amides is 2. The predicted molar refractivity (Wildman–Crippen MR) is 87.4 cm³/mol. The maximum Gasteiger partial charge on any atom is 0.247 e. The van der Waals surface area contributed by atoms with E-state index >= 15 is 0 Å². The molecule has 0 aliphatic carbocycles. The fourth-order valence-electron chi connectivity index (χ4n) is 4.06. The highest BCUT2D eigenvalue weighted by atomic mass is 16.2. The summed E-state index contributed by atoms with van der Waals surface area (Å²) in [4.78, 5) is 33.1. The van der Waals surface area contributed by atoms with Crippen LogP contribution < -0.4 is 0 Å². The summed E-state index contributed by atoms with van der Waals surface area (Å²) in [5.41, 5.74) is 0.898. The SMILES string of the molecule is C[C@@H]1C[C@H](C)CN([C@H]2CC(=O)N([C@@H](C)c3cccnc3)C2=O)C1. The van der Waals surface area contributed by atoms with Crippen LogP contribution in [0.1, 0.15) is 45.2 Å². The molecule has 0 bridgehead atoms. The van der Waals surface area contributed by atoms with Crippen molar-refractivity contribution in [2.75, 3.05) is 13.1 Å². The summed E-state index contributed by atoms with van der Waals surface area (Å²) in [7, 11) is 0. The van der Waals surface area contributed by atoms with E-state index in [0.717, 1.165) is 18.7 Å². The summed E-state index contributed by atoms with van der Waals surface area (Å²) in [5, 5.41) is 0. The van der Waals surface area contributed by atoms with Crippen LogP contribution in [-0.2, 0) is 9.59 Å². The zero-order valence-corrected chi connectivity index (χ0v) is 14.1. The van der Waals surface area contributed by atoms with Crippen molar-refractivity contribution in [2.45, 2.75) is 45.7 Å². The second-order valence-electron chi connectivity index (χ2n) is 7.18. The average Bonchev–Trinajstić information content (AvgIpc) is 2.81. The number of nitrogens with zero attached hydrogens (tertiary/aromatic N) is 3. The van der Waals surface area contributed by atoms with E-state index in [9.17, 15) is 9.59 Å². The Morgan fingerprint density at radius 3 is 2.52 bits per heavy atom. The molecule has 3 rings (SSSR count). The highest BCUT2D eigenvalue weighted by molar-refractivity contribution is 6.05. The largest absolute Gasteiger partial charge is 0.291 e. The van der Waals surface area contributed by atoms with E-state index in [4.69, 9.17) is 0 Å². The van der Waals surface area contributed by atoms with E-state index in [1.165, 1.54) is 11.3 Å². The van der Waals surface area contributed by atoms with Gasteiger partial charge in [-0.1, -0.05) is 19.9 Å². The van der Waals surface area contributed by atoms with Crippen LogP contribution in [0, 0.1) is 11.8 Å². The van der Waals surface area contributed by atoms with Crippen molar-refractivity contribution in [2.24, 2.45) is 11.8 Å². The zero-order valence-electron chi connectivity index (χ0n) is 14.1. The van der Waals surface area contributed by atoms with Crippen LogP contribution >= 0.6 is 0 Å². The van der Waals surface area contributed by atoms with Crippen LogP contribution in [0.4, 0.5) is 0 Å². The van der Waals surface area contributed by atoms with E-state index < -0.39 is 0 Å². The highest BCUT2D eigenvalue weighted by Gasteiger charge is 2.45. The van der Waals surface area contributed by atoms with Crippen LogP contribution in [0.25, 0.3) is 0 Å². The molecule has 0 N–H and O–H groups in total. The maximum absolute atomic E-state index is 12.9. The summed E-state index contributed by atoms with van der Waals surface area (Å²) >= 11 is 0. The Labute approximate surface area is 137 Å². The van der Waals surface area contributed by atoms with Crippen molar-refractivity contribution >= 4 is 11.8 Å². The standard InChI is InChI=1S/C18H25N3O2/c1-12-7-13(2)11-20(10-12)16-8-17(22)21(18(16)23)14(3)15-5-4-6-19-9-15/h4-6,9,12-14,16H,7-8,10-11H2,1-3H3/t12-,13+,14-,16-/m0/s1. The number of hydrogen-bond donors (Lipinski definition) is 0. The van der Waals surface area contributed by atoms with Gasteiger partial charge in [0.25, 0.3) is 0 Å². The van der Waals surface area contributed by atoms with E-state index in [1.807, 2.05) is 19.1 Å². The van der Waals surface area contributed by atoms with E-state index in [2.05, 4.69) is 23.7 Å². The molecule has 5 nitrogen and oxygen atoms in total. The van der Waals surface area contributed by atoms with Gasteiger partial charge in [-0.25, -0.2) is 0 Å². The molecule has 2 fully saturated rings. The molecule has 3 heterocycles. The molecule has 124 valence electrons. The Morgan fingerprint density at radius 1 is 1.22 bits per heavy atom. The van der Waals surface area contributed by atoms with Gasteiger partial charge in [-0.3, -0.25) is 24.4 Å². The van der Waals surface area contributed by atoms with Gasteiger partial charge in [0.15, 0.2) is 0 Å². The summed E-state index contributed by atoms with van der Waals surface area (Å²) in [6.45, 7) is 8.16. The van der Waals surface area contributed by atoms with E-state index in [-0.39, 0.29) is 23.9 Å². The fraction of sp³-hybridized carbons (Fsp3) is 0.611. The number of pyridine rings is 1. The first-order chi connectivity index (χ1) is 11.0. The molecule has 2 aliphatic heterocycles. The third kappa shape index (κ3) is 3.15. The molecule has 0 aromatic carbocycles. The van der Waals surface area contributed by atoms with Crippen molar-refractivity contribution in [3.63, 3.8) is 0 Å². The van der Waals surface area contributed by atoms with Gasteiger partial charge in [0.1, 0.15) is 0 Å². The maximum atomic E-state index is 12.9. The molecule has 0 radical (unpaired) electrons. The van der Waals surface area contributed by atoms with Crippen molar-refractivity contribution in [1.29, 1.82) is 0 Å². The van der Waals surface area contributed by atoms with Gasteiger partial charge in [0.2, 0.25) is 11.8 Å². The Kier molecular flexibility index (Phi) is 4.48. The second kappa shape index (κ2) is 6.40. The topological polar surface area (TPSA) is 53.5 Å². The van der Waals surface area contributed by atoms with Crippen molar-refractivity contribution in [3.8, 4) is 0 Å². The van der Waals surface area contributed by atoms with Crippen molar-refractivity contribution < 1.29 is 9.59 Å². The third-order valence-electron chi connectivity index (χ3n) is 5.05. The Hall–Kier alpha value is -1.75. The van der Waals surface area contributed by atoms with E-state index in [1.54, 1.807) is 12.4 Å². The van der Waals surface area contributed by atoms with Gasteiger partial charge >= 0.3 is 0 Å². The fourth-order valence-corrected chi connectivity index (χ4v) is 4.06. The second-order valence-corrected chi connectivity index (χ2v) is 7.18. The number of rotatable bonds is 3. The minimum absolute atomic E-state index is 0.0485. The highest BCUT2D eigenvalue weighted by Crippen LogP contribution is 2.31. The molecule has 2 aliphatic rings. The number of imide groups is 1. The monoisotopic (exact) mass is 315 g/mol. The minimum atomic E-state index is -0.285. The van der Waals surface area contributed by atoms with Crippen LogP contribution in [0.3, 0.4) is 0 Å². The first-order valence-corrected chi connectivity index (χ1v) is 8.47. The Morgan fingerprint density at radius 2 is 1.91 bits per heavy atom. The van der Waals surface area contributed by atoms with Crippen LogP contribution in [0.5, 0.6) is 0 Å².